The first-order valence-electron chi connectivity index (χ1n) is 7.18. The van der Waals surface area contributed by atoms with Gasteiger partial charge in [-0.1, -0.05) is 18.2 Å². The molecule has 5 nitrogen and oxygen atoms in total. The van der Waals surface area contributed by atoms with Gasteiger partial charge in [0.2, 0.25) is 0 Å². The fraction of sp³-hybridized carbons (Fsp3) is 0.500. The highest BCUT2D eigenvalue weighted by atomic mass is 16.6. The van der Waals surface area contributed by atoms with E-state index < -0.39 is 18.0 Å². The Labute approximate surface area is 123 Å². The van der Waals surface area contributed by atoms with Crippen LogP contribution in [-0.4, -0.2) is 37.4 Å². The van der Waals surface area contributed by atoms with Crippen molar-refractivity contribution in [3.63, 3.8) is 0 Å². The lowest BCUT2D eigenvalue weighted by molar-refractivity contribution is -0.166. The smallest absolute Gasteiger partial charge is 0.338 e. The van der Waals surface area contributed by atoms with E-state index in [9.17, 15) is 9.59 Å². The largest absolute Gasteiger partial charge is 0.469 e. The van der Waals surface area contributed by atoms with Crippen molar-refractivity contribution in [2.24, 2.45) is 5.92 Å². The highest BCUT2D eigenvalue weighted by Gasteiger charge is 2.49. The zero-order valence-corrected chi connectivity index (χ0v) is 11.9. The molecule has 2 bridgehead atoms. The summed E-state index contributed by atoms with van der Waals surface area (Å²) in [6, 6.07) is 8.79. The zero-order chi connectivity index (χ0) is 14.8. The van der Waals surface area contributed by atoms with Crippen LogP contribution >= 0.6 is 0 Å². The Morgan fingerprint density at radius 1 is 1.19 bits per heavy atom. The molecule has 5 heteroatoms. The molecule has 0 aromatic heterocycles. The minimum Gasteiger partial charge on any atom is -0.469 e. The van der Waals surface area contributed by atoms with Crippen molar-refractivity contribution in [3.8, 4) is 0 Å². The first-order chi connectivity index (χ1) is 10.2. The van der Waals surface area contributed by atoms with Crippen LogP contribution in [0.2, 0.25) is 0 Å². The third-order valence-electron chi connectivity index (χ3n) is 4.18. The second-order valence-electron chi connectivity index (χ2n) is 5.47. The standard InChI is InChI=1S/C16H18O5/c1-19-16(18)14-12-8-7-11(20-12)9-13(14)21-15(17)10-5-3-2-4-6-10/h2-6,11-14H,7-9H2,1H3/t11-,12+,13-,14-/m1/s1. The SMILES string of the molecule is COC(=O)[C@@H]1[C@@H]2CC[C@H](C[C@H]1OC(=O)c1ccccc1)O2. The normalized spacial score (nSPS) is 30.7. The Balaban J connectivity index is 1.76. The summed E-state index contributed by atoms with van der Waals surface area (Å²) in [5.41, 5.74) is 0.486. The van der Waals surface area contributed by atoms with E-state index >= 15 is 0 Å². The molecule has 0 N–H and O–H groups in total. The van der Waals surface area contributed by atoms with E-state index in [1.807, 2.05) is 6.07 Å². The lowest BCUT2D eigenvalue weighted by Gasteiger charge is -2.34. The molecule has 1 aromatic carbocycles. The van der Waals surface area contributed by atoms with Gasteiger partial charge < -0.3 is 14.2 Å². The highest BCUT2D eigenvalue weighted by molar-refractivity contribution is 5.89. The number of esters is 2. The molecule has 0 amide bonds. The summed E-state index contributed by atoms with van der Waals surface area (Å²) in [6.45, 7) is 0. The Morgan fingerprint density at radius 2 is 1.95 bits per heavy atom. The molecule has 2 fully saturated rings. The van der Waals surface area contributed by atoms with Crippen molar-refractivity contribution in [3.05, 3.63) is 35.9 Å². The molecule has 0 spiro atoms. The van der Waals surface area contributed by atoms with Crippen LogP contribution in [0.3, 0.4) is 0 Å². The second-order valence-corrected chi connectivity index (χ2v) is 5.47. The predicted octanol–water partition coefficient (Wildman–Crippen LogP) is 1.95. The van der Waals surface area contributed by atoms with Gasteiger partial charge in [0.25, 0.3) is 0 Å². The molecule has 2 aliphatic heterocycles. The van der Waals surface area contributed by atoms with Gasteiger partial charge in [-0.3, -0.25) is 4.79 Å². The monoisotopic (exact) mass is 290 g/mol. The van der Waals surface area contributed by atoms with Crippen LogP contribution in [0.4, 0.5) is 0 Å². The third kappa shape index (κ3) is 2.78. The first kappa shape index (κ1) is 14.1. The maximum Gasteiger partial charge on any atom is 0.338 e. The van der Waals surface area contributed by atoms with E-state index in [1.54, 1.807) is 24.3 Å². The van der Waals surface area contributed by atoms with Gasteiger partial charge in [0.05, 0.1) is 24.9 Å². The lowest BCUT2D eigenvalue weighted by Crippen LogP contribution is -2.46. The third-order valence-corrected chi connectivity index (χ3v) is 4.18. The Bertz CT molecular complexity index is 527. The molecule has 4 atom stereocenters. The Morgan fingerprint density at radius 3 is 2.67 bits per heavy atom. The van der Waals surface area contributed by atoms with Crippen LogP contribution < -0.4 is 0 Å². The van der Waals surface area contributed by atoms with Crippen molar-refractivity contribution in [2.75, 3.05) is 7.11 Å². The van der Waals surface area contributed by atoms with E-state index in [-0.39, 0.29) is 18.2 Å². The average molecular weight is 290 g/mol. The Kier molecular flexibility index (Phi) is 3.92. The van der Waals surface area contributed by atoms with Gasteiger partial charge >= 0.3 is 11.9 Å². The van der Waals surface area contributed by atoms with Crippen LogP contribution in [0, 0.1) is 5.92 Å². The van der Waals surface area contributed by atoms with E-state index in [0.717, 1.165) is 12.8 Å². The number of methoxy groups -OCH3 is 1. The molecule has 2 aliphatic rings. The van der Waals surface area contributed by atoms with Crippen molar-refractivity contribution < 1.29 is 23.8 Å². The van der Waals surface area contributed by atoms with Gasteiger partial charge in [0.1, 0.15) is 12.0 Å². The van der Waals surface area contributed by atoms with Crippen molar-refractivity contribution in [2.45, 2.75) is 37.6 Å². The maximum atomic E-state index is 12.2. The molecule has 0 aliphatic carbocycles. The van der Waals surface area contributed by atoms with Crippen molar-refractivity contribution >= 4 is 11.9 Å². The molecular weight excluding hydrogens is 272 g/mol. The first-order valence-corrected chi connectivity index (χ1v) is 7.18. The van der Waals surface area contributed by atoms with E-state index in [4.69, 9.17) is 14.2 Å². The molecule has 0 saturated carbocycles. The number of hydrogen-bond donors (Lipinski definition) is 0. The van der Waals surface area contributed by atoms with Gasteiger partial charge in [0.15, 0.2) is 0 Å². The lowest BCUT2D eigenvalue weighted by atomic mass is 9.92. The van der Waals surface area contributed by atoms with Gasteiger partial charge in [-0.05, 0) is 25.0 Å². The summed E-state index contributed by atoms with van der Waals surface area (Å²) < 4.78 is 16.2. The zero-order valence-electron chi connectivity index (χ0n) is 11.9. The molecule has 3 rings (SSSR count). The predicted molar refractivity (Wildman–Crippen MR) is 73.7 cm³/mol. The quantitative estimate of drug-likeness (QED) is 0.796. The Hall–Kier alpha value is -1.88. The molecule has 0 unspecified atom stereocenters. The number of rotatable bonds is 3. The molecule has 21 heavy (non-hydrogen) atoms. The number of hydrogen-bond acceptors (Lipinski definition) is 5. The minimum absolute atomic E-state index is 0.0736. The number of carbonyl (C=O) groups excluding carboxylic acids is 2. The van der Waals surface area contributed by atoms with E-state index in [0.29, 0.717) is 12.0 Å². The van der Waals surface area contributed by atoms with Crippen LogP contribution in [0.15, 0.2) is 30.3 Å². The van der Waals surface area contributed by atoms with Gasteiger partial charge in [-0.25, -0.2) is 4.79 Å². The fourth-order valence-corrected chi connectivity index (χ4v) is 3.16. The maximum absolute atomic E-state index is 12.2. The van der Waals surface area contributed by atoms with Gasteiger partial charge in [-0.15, -0.1) is 0 Å². The summed E-state index contributed by atoms with van der Waals surface area (Å²) in [6.07, 6.45) is 1.65. The van der Waals surface area contributed by atoms with Crippen LogP contribution in [-0.2, 0) is 19.0 Å². The molecule has 0 radical (unpaired) electrons. The van der Waals surface area contributed by atoms with Gasteiger partial charge in [-0.2, -0.15) is 0 Å². The van der Waals surface area contributed by atoms with Crippen molar-refractivity contribution in [1.82, 2.24) is 0 Å². The summed E-state index contributed by atoms with van der Waals surface area (Å²) >= 11 is 0. The molecule has 2 heterocycles. The number of ether oxygens (including phenoxy) is 3. The summed E-state index contributed by atoms with van der Waals surface area (Å²) in [4.78, 5) is 24.2. The molecule has 2 saturated heterocycles. The van der Waals surface area contributed by atoms with E-state index in [1.165, 1.54) is 7.11 Å². The fourth-order valence-electron chi connectivity index (χ4n) is 3.16. The van der Waals surface area contributed by atoms with Crippen LogP contribution in [0.25, 0.3) is 0 Å². The average Bonchev–Trinajstić information content (AvgIpc) is 2.89. The summed E-state index contributed by atoms with van der Waals surface area (Å²) in [7, 11) is 1.35. The minimum atomic E-state index is -0.526. The molecule has 112 valence electrons. The topological polar surface area (TPSA) is 61.8 Å². The number of carbonyl (C=O) groups is 2. The van der Waals surface area contributed by atoms with Gasteiger partial charge in [0, 0.05) is 6.42 Å². The van der Waals surface area contributed by atoms with Crippen LogP contribution in [0.5, 0.6) is 0 Å². The van der Waals surface area contributed by atoms with Crippen LogP contribution in [0.1, 0.15) is 29.6 Å². The summed E-state index contributed by atoms with van der Waals surface area (Å²) in [5.74, 6) is -1.30. The number of benzene rings is 1. The van der Waals surface area contributed by atoms with Crippen molar-refractivity contribution in [1.29, 1.82) is 0 Å². The van der Waals surface area contributed by atoms with E-state index in [2.05, 4.69) is 0 Å². The molecular formula is C16H18O5. The second kappa shape index (κ2) is 5.85. The summed E-state index contributed by atoms with van der Waals surface area (Å²) in [5, 5.41) is 0. The highest BCUT2D eigenvalue weighted by Crippen LogP contribution is 2.38. The molecule has 1 aromatic rings. The number of fused-ring (bicyclic) bond motifs is 2.